The Hall–Kier alpha value is -1.84. The Morgan fingerprint density at radius 1 is 1.24 bits per heavy atom. The molecule has 1 aliphatic rings. The second-order valence-electron chi connectivity index (χ2n) is 4.43. The molecule has 0 amide bonds. The lowest BCUT2D eigenvalue weighted by Gasteiger charge is -2.08. The molecule has 0 bridgehead atoms. The second kappa shape index (κ2) is 4.57. The average Bonchev–Trinajstić information content (AvgIpc) is 3.07. The zero-order valence-corrected chi connectivity index (χ0v) is 9.71. The van der Waals surface area contributed by atoms with E-state index in [1.54, 1.807) is 0 Å². The number of nitrogens with zero attached hydrogens (tertiary/aromatic N) is 3. The quantitative estimate of drug-likeness (QED) is 0.852. The molecule has 1 saturated carbocycles. The first-order valence-electron chi connectivity index (χ1n) is 6.09. The molecule has 0 radical (unpaired) electrons. The molecule has 0 aromatic carbocycles. The minimum Gasteiger partial charge on any atom is -0.353 e. The summed E-state index contributed by atoms with van der Waals surface area (Å²) >= 11 is 0. The first kappa shape index (κ1) is 10.3. The van der Waals surface area contributed by atoms with Crippen molar-refractivity contribution in [3.8, 4) is 0 Å². The van der Waals surface area contributed by atoms with Crippen molar-refractivity contribution >= 4 is 5.95 Å². The number of anilines is 1. The van der Waals surface area contributed by atoms with E-state index in [-0.39, 0.29) is 0 Å². The van der Waals surface area contributed by atoms with E-state index in [0.29, 0.717) is 6.04 Å². The Bertz CT molecular complexity index is 473. The molecule has 3 rings (SSSR count). The number of hydrogen-bond donors (Lipinski definition) is 1. The van der Waals surface area contributed by atoms with Crippen molar-refractivity contribution in [1.29, 1.82) is 0 Å². The van der Waals surface area contributed by atoms with Gasteiger partial charge in [-0.25, -0.2) is 4.98 Å². The van der Waals surface area contributed by atoms with E-state index in [1.165, 1.54) is 12.8 Å². The number of rotatable bonds is 5. The third-order valence-electron chi connectivity index (χ3n) is 2.96. The molecule has 2 aromatic heterocycles. The van der Waals surface area contributed by atoms with Gasteiger partial charge in [-0.2, -0.15) is 0 Å². The molecule has 4 heteroatoms. The van der Waals surface area contributed by atoms with E-state index in [1.807, 2.05) is 30.7 Å². The summed E-state index contributed by atoms with van der Waals surface area (Å²) in [5.41, 5.74) is 1.12. The molecule has 0 aliphatic heterocycles. The first-order chi connectivity index (χ1) is 8.42. The number of nitrogens with one attached hydrogen (secondary N) is 1. The van der Waals surface area contributed by atoms with Crippen molar-refractivity contribution in [1.82, 2.24) is 14.5 Å². The van der Waals surface area contributed by atoms with E-state index in [0.717, 1.165) is 24.6 Å². The second-order valence-corrected chi connectivity index (χ2v) is 4.43. The van der Waals surface area contributed by atoms with Crippen molar-refractivity contribution in [2.75, 3.05) is 5.32 Å². The standard InChI is InChI=1S/C13H16N4/c1-2-7-14-11(3-1)6-9-17-10-8-15-13(17)16-12-4-5-12/h1-3,7-8,10,12H,4-6,9H2,(H,15,16). The Kier molecular flexibility index (Phi) is 2.78. The highest BCUT2D eigenvalue weighted by molar-refractivity contribution is 5.29. The summed E-state index contributed by atoms with van der Waals surface area (Å²) in [4.78, 5) is 8.67. The number of hydrogen-bond acceptors (Lipinski definition) is 3. The predicted molar refractivity (Wildman–Crippen MR) is 66.8 cm³/mol. The van der Waals surface area contributed by atoms with Gasteiger partial charge >= 0.3 is 0 Å². The third-order valence-corrected chi connectivity index (χ3v) is 2.96. The zero-order chi connectivity index (χ0) is 11.5. The van der Waals surface area contributed by atoms with Gasteiger partial charge in [0.1, 0.15) is 0 Å². The van der Waals surface area contributed by atoms with Crippen LogP contribution in [-0.2, 0) is 13.0 Å². The summed E-state index contributed by atoms with van der Waals surface area (Å²) in [5.74, 6) is 0.989. The Morgan fingerprint density at radius 2 is 2.18 bits per heavy atom. The lowest BCUT2D eigenvalue weighted by atomic mass is 10.3. The Balaban J connectivity index is 1.62. The summed E-state index contributed by atoms with van der Waals surface area (Å²) in [6.45, 7) is 0.923. The van der Waals surface area contributed by atoms with Crippen LogP contribution in [0.1, 0.15) is 18.5 Å². The normalized spacial score (nSPS) is 14.8. The van der Waals surface area contributed by atoms with Crippen LogP contribution in [0.4, 0.5) is 5.95 Å². The minimum atomic E-state index is 0.644. The number of aromatic nitrogens is 3. The van der Waals surface area contributed by atoms with Crippen molar-refractivity contribution in [2.45, 2.75) is 31.8 Å². The minimum absolute atomic E-state index is 0.644. The van der Waals surface area contributed by atoms with Gasteiger partial charge in [0.05, 0.1) is 0 Å². The molecule has 0 atom stereocenters. The molecule has 1 N–H and O–H groups in total. The maximum atomic E-state index is 4.34. The van der Waals surface area contributed by atoms with Crippen molar-refractivity contribution in [2.24, 2.45) is 0 Å². The first-order valence-corrected chi connectivity index (χ1v) is 6.09. The Morgan fingerprint density at radius 3 is 2.94 bits per heavy atom. The van der Waals surface area contributed by atoms with Gasteiger partial charge in [-0.15, -0.1) is 0 Å². The van der Waals surface area contributed by atoms with Crippen LogP contribution in [-0.4, -0.2) is 20.6 Å². The summed E-state index contributed by atoms with van der Waals surface area (Å²) in [5, 5.41) is 3.43. The molecule has 1 aliphatic carbocycles. The van der Waals surface area contributed by atoms with Crippen LogP contribution in [0.15, 0.2) is 36.8 Å². The van der Waals surface area contributed by atoms with Gasteiger partial charge in [-0.1, -0.05) is 6.07 Å². The van der Waals surface area contributed by atoms with E-state index in [2.05, 4.69) is 25.9 Å². The van der Waals surface area contributed by atoms with Crippen molar-refractivity contribution in [3.63, 3.8) is 0 Å². The van der Waals surface area contributed by atoms with Crippen LogP contribution >= 0.6 is 0 Å². The molecule has 2 aromatic rings. The van der Waals surface area contributed by atoms with Gasteiger partial charge in [0.2, 0.25) is 5.95 Å². The van der Waals surface area contributed by atoms with Crippen LogP contribution in [0.2, 0.25) is 0 Å². The molecular weight excluding hydrogens is 212 g/mol. The maximum Gasteiger partial charge on any atom is 0.202 e. The highest BCUT2D eigenvalue weighted by Gasteiger charge is 2.22. The number of pyridine rings is 1. The monoisotopic (exact) mass is 228 g/mol. The van der Waals surface area contributed by atoms with Crippen LogP contribution in [0.5, 0.6) is 0 Å². The summed E-state index contributed by atoms with van der Waals surface area (Å²) in [7, 11) is 0. The molecule has 0 spiro atoms. The van der Waals surface area contributed by atoms with E-state index < -0.39 is 0 Å². The molecule has 0 saturated heterocycles. The van der Waals surface area contributed by atoms with Gasteiger partial charge < -0.3 is 9.88 Å². The van der Waals surface area contributed by atoms with Crippen LogP contribution in [0.25, 0.3) is 0 Å². The lowest BCUT2D eigenvalue weighted by molar-refractivity contribution is 0.688. The van der Waals surface area contributed by atoms with Crippen molar-refractivity contribution < 1.29 is 0 Å². The Labute approximate surface area is 101 Å². The van der Waals surface area contributed by atoms with Gasteiger partial charge in [-0.05, 0) is 25.0 Å². The average molecular weight is 228 g/mol. The highest BCUT2D eigenvalue weighted by Crippen LogP contribution is 2.23. The fraction of sp³-hybridized carbons (Fsp3) is 0.385. The third kappa shape index (κ3) is 2.64. The summed E-state index contributed by atoms with van der Waals surface area (Å²) < 4.78 is 2.16. The highest BCUT2D eigenvalue weighted by atomic mass is 15.2. The topological polar surface area (TPSA) is 42.7 Å². The smallest absolute Gasteiger partial charge is 0.202 e. The molecule has 0 unspecified atom stereocenters. The lowest BCUT2D eigenvalue weighted by Crippen LogP contribution is -2.10. The molecule has 4 nitrogen and oxygen atoms in total. The predicted octanol–water partition coefficient (Wildman–Crippen LogP) is 2.10. The molecule has 88 valence electrons. The molecule has 2 heterocycles. The number of aryl methyl sites for hydroxylation is 2. The van der Waals surface area contributed by atoms with Crippen molar-refractivity contribution in [3.05, 3.63) is 42.5 Å². The summed E-state index contributed by atoms with van der Waals surface area (Å²) in [6.07, 6.45) is 9.19. The maximum absolute atomic E-state index is 4.34. The SMILES string of the molecule is c1ccc(CCn2ccnc2NC2CC2)nc1. The van der Waals surface area contributed by atoms with Crippen LogP contribution in [0, 0.1) is 0 Å². The van der Waals surface area contributed by atoms with Gasteiger partial charge in [0.15, 0.2) is 0 Å². The molecule has 1 fully saturated rings. The fourth-order valence-corrected chi connectivity index (χ4v) is 1.82. The van der Waals surface area contributed by atoms with Gasteiger partial charge in [0.25, 0.3) is 0 Å². The van der Waals surface area contributed by atoms with E-state index in [4.69, 9.17) is 0 Å². The number of imidazole rings is 1. The summed E-state index contributed by atoms with van der Waals surface area (Å²) in [6, 6.07) is 6.68. The van der Waals surface area contributed by atoms with E-state index in [9.17, 15) is 0 Å². The molecular formula is C13H16N4. The van der Waals surface area contributed by atoms with Crippen LogP contribution < -0.4 is 5.32 Å². The zero-order valence-electron chi connectivity index (χ0n) is 9.71. The van der Waals surface area contributed by atoms with E-state index >= 15 is 0 Å². The van der Waals surface area contributed by atoms with Crippen LogP contribution in [0.3, 0.4) is 0 Å². The largest absolute Gasteiger partial charge is 0.353 e. The van der Waals surface area contributed by atoms with Gasteiger partial charge in [0, 0.05) is 43.3 Å². The fourth-order valence-electron chi connectivity index (χ4n) is 1.82. The molecule has 17 heavy (non-hydrogen) atoms. The van der Waals surface area contributed by atoms with Gasteiger partial charge in [-0.3, -0.25) is 4.98 Å².